The summed E-state index contributed by atoms with van der Waals surface area (Å²) in [4.78, 5) is 23.5. The molecule has 0 fully saturated rings. The number of carbonyl (C=O) groups is 2. The minimum Gasteiger partial charge on any atom is -0.480 e. The van der Waals surface area contributed by atoms with E-state index in [1.165, 1.54) is 0 Å². The fourth-order valence-electron chi connectivity index (χ4n) is 1.98. The van der Waals surface area contributed by atoms with E-state index in [9.17, 15) is 9.59 Å². The predicted octanol–water partition coefficient (Wildman–Crippen LogP) is 1.17. The molecular formula is C12H13NO4. The van der Waals surface area contributed by atoms with E-state index in [4.69, 9.17) is 10.2 Å². The molecule has 0 saturated carbocycles. The smallest absolute Gasteiger partial charge is 0.335 e. The van der Waals surface area contributed by atoms with Crippen LogP contribution in [0.2, 0.25) is 0 Å². The van der Waals surface area contributed by atoms with Crippen molar-refractivity contribution in [2.24, 2.45) is 0 Å². The van der Waals surface area contributed by atoms with E-state index in [0.717, 1.165) is 11.1 Å². The number of benzene rings is 1. The van der Waals surface area contributed by atoms with Gasteiger partial charge in [0.1, 0.15) is 6.04 Å². The Morgan fingerprint density at radius 2 is 1.88 bits per heavy atom. The van der Waals surface area contributed by atoms with E-state index in [0.29, 0.717) is 13.1 Å². The number of aromatic carboxylic acids is 1. The Morgan fingerprint density at radius 1 is 1.24 bits per heavy atom. The van der Waals surface area contributed by atoms with Crippen molar-refractivity contribution in [1.82, 2.24) is 4.90 Å². The second kappa shape index (κ2) is 4.18. The van der Waals surface area contributed by atoms with Gasteiger partial charge in [-0.3, -0.25) is 9.69 Å². The van der Waals surface area contributed by atoms with Gasteiger partial charge in [0.05, 0.1) is 5.56 Å². The van der Waals surface area contributed by atoms with E-state index in [2.05, 4.69) is 0 Å². The van der Waals surface area contributed by atoms with Crippen molar-refractivity contribution < 1.29 is 19.8 Å². The van der Waals surface area contributed by atoms with Crippen LogP contribution in [0.3, 0.4) is 0 Å². The lowest BCUT2D eigenvalue weighted by molar-refractivity contribution is -0.142. The van der Waals surface area contributed by atoms with Gasteiger partial charge in [0.15, 0.2) is 0 Å². The molecule has 90 valence electrons. The quantitative estimate of drug-likeness (QED) is 0.822. The molecule has 0 radical (unpaired) electrons. The highest BCUT2D eigenvalue weighted by molar-refractivity contribution is 5.88. The van der Waals surface area contributed by atoms with Gasteiger partial charge in [-0.1, -0.05) is 6.07 Å². The maximum absolute atomic E-state index is 10.9. The van der Waals surface area contributed by atoms with Crippen LogP contribution in [-0.4, -0.2) is 33.1 Å². The molecule has 17 heavy (non-hydrogen) atoms. The molecule has 0 aliphatic carbocycles. The zero-order valence-electron chi connectivity index (χ0n) is 9.38. The lowest BCUT2D eigenvalue weighted by atomic mass is 10.1. The molecule has 1 aliphatic heterocycles. The van der Waals surface area contributed by atoms with Crippen molar-refractivity contribution in [3.8, 4) is 0 Å². The second-order valence-electron chi connectivity index (χ2n) is 4.21. The number of hydrogen-bond acceptors (Lipinski definition) is 3. The summed E-state index contributed by atoms with van der Waals surface area (Å²) < 4.78 is 0. The Kier molecular flexibility index (Phi) is 2.85. The average Bonchev–Trinajstić information content (AvgIpc) is 2.69. The first-order valence-corrected chi connectivity index (χ1v) is 5.31. The highest BCUT2D eigenvalue weighted by Gasteiger charge is 2.27. The normalized spacial score (nSPS) is 16.5. The van der Waals surface area contributed by atoms with Crippen molar-refractivity contribution >= 4 is 11.9 Å². The fourth-order valence-corrected chi connectivity index (χ4v) is 1.98. The Morgan fingerprint density at radius 3 is 2.47 bits per heavy atom. The van der Waals surface area contributed by atoms with Gasteiger partial charge in [-0.05, 0) is 30.2 Å². The molecule has 1 aromatic carbocycles. The fraction of sp³-hybridized carbons (Fsp3) is 0.333. The van der Waals surface area contributed by atoms with Gasteiger partial charge in [0.25, 0.3) is 0 Å². The van der Waals surface area contributed by atoms with Gasteiger partial charge in [-0.25, -0.2) is 4.79 Å². The summed E-state index contributed by atoms with van der Waals surface area (Å²) in [6, 6.07) is 4.37. The predicted molar refractivity (Wildman–Crippen MR) is 59.7 cm³/mol. The Bertz CT molecular complexity index is 483. The Balaban J connectivity index is 2.22. The third-order valence-corrected chi connectivity index (χ3v) is 3.11. The largest absolute Gasteiger partial charge is 0.480 e. The molecule has 0 amide bonds. The van der Waals surface area contributed by atoms with Crippen molar-refractivity contribution in [1.29, 1.82) is 0 Å². The Hall–Kier alpha value is -1.88. The number of aliphatic carboxylic acids is 1. The number of nitrogens with zero attached hydrogens (tertiary/aromatic N) is 1. The molecule has 5 heteroatoms. The molecule has 0 spiro atoms. The number of carboxylic acids is 2. The summed E-state index contributed by atoms with van der Waals surface area (Å²) in [5.74, 6) is -1.83. The highest BCUT2D eigenvalue weighted by atomic mass is 16.4. The lowest BCUT2D eigenvalue weighted by Crippen LogP contribution is -2.34. The van der Waals surface area contributed by atoms with Crippen LogP contribution in [-0.2, 0) is 17.9 Å². The van der Waals surface area contributed by atoms with Crippen LogP contribution in [0.15, 0.2) is 18.2 Å². The standard InChI is InChI=1S/C12H13NO4/c1-7(11(14)15)13-5-9-3-2-8(12(16)17)4-10(9)6-13/h2-4,7H,5-6H2,1H3,(H,14,15)(H,16,17). The monoisotopic (exact) mass is 235 g/mol. The lowest BCUT2D eigenvalue weighted by Gasteiger charge is -2.19. The molecule has 1 atom stereocenters. The van der Waals surface area contributed by atoms with Crippen LogP contribution in [0.25, 0.3) is 0 Å². The second-order valence-corrected chi connectivity index (χ2v) is 4.21. The van der Waals surface area contributed by atoms with E-state index < -0.39 is 18.0 Å². The van der Waals surface area contributed by atoms with Crippen molar-refractivity contribution in [3.63, 3.8) is 0 Å². The summed E-state index contributed by atoms with van der Waals surface area (Å²) in [5.41, 5.74) is 2.15. The number of rotatable bonds is 3. The van der Waals surface area contributed by atoms with E-state index >= 15 is 0 Å². The molecule has 1 aromatic rings. The van der Waals surface area contributed by atoms with Gasteiger partial charge in [0, 0.05) is 13.1 Å². The van der Waals surface area contributed by atoms with Gasteiger partial charge >= 0.3 is 11.9 Å². The van der Waals surface area contributed by atoms with Crippen LogP contribution < -0.4 is 0 Å². The third kappa shape index (κ3) is 2.14. The van der Waals surface area contributed by atoms with Crippen LogP contribution >= 0.6 is 0 Å². The summed E-state index contributed by atoms with van der Waals surface area (Å²) in [5, 5.41) is 17.8. The summed E-state index contributed by atoms with van der Waals surface area (Å²) in [6.07, 6.45) is 0. The van der Waals surface area contributed by atoms with E-state index in [-0.39, 0.29) is 5.56 Å². The van der Waals surface area contributed by atoms with Gasteiger partial charge in [-0.15, -0.1) is 0 Å². The minimum absolute atomic E-state index is 0.244. The van der Waals surface area contributed by atoms with Gasteiger partial charge in [0.2, 0.25) is 0 Å². The first-order chi connectivity index (χ1) is 7.99. The first kappa shape index (κ1) is 11.6. The number of carboxylic acid groups (broad SMARTS) is 2. The van der Waals surface area contributed by atoms with E-state index in [1.54, 1.807) is 30.0 Å². The van der Waals surface area contributed by atoms with Gasteiger partial charge < -0.3 is 10.2 Å². The number of hydrogen-bond donors (Lipinski definition) is 2. The molecule has 1 heterocycles. The summed E-state index contributed by atoms with van der Waals surface area (Å²) in [7, 11) is 0. The zero-order valence-corrected chi connectivity index (χ0v) is 9.38. The van der Waals surface area contributed by atoms with Gasteiger partial charge in [-0.2, -0.15) is 0 Å². The van der Waals surface area contributed by atoms with Crippen LogP contribution in [0.4, 0.5) is 0 Å². The van der Waals surface area contributed by atoms with Crippen LogP contribution in [0.1, 0.15) is 28.4 Å². The van der Waals surface area contributed by atoms with Crippen molar-refractivity contribution in [2.45, 2.75) is 26.1 Å². The molecule has 2 rings (SSSR count). The molecule has 1 unspecified atom stereocenters. The van der Waals surface area contributed by atoms with E-state index in [1.807, 2.05) is 0 Å². The molecular weight excluding hydrogens is 222 g/mol. The minimum atomic E-state index is -0.961. The van der Waals surface area contributed by atoms with Crippen molar-refractivity contribution in [3.05, 3.63) is 34.9 Å². The average molecular weight is 235 g/mol. The Labute approximate surface area is 98.3 Å². The maximum Gasteiger partial charge on any atom is 0.335 e. The summed E-state index contributed by atoms with van der Waals surface area (Å²) >= 11 is 0. The topological polar surface area (TPSA) is 77.8 Å². The SMILES string of the molecule is CC(C(=O)O)N1Cc2ccc(C(=O)O)cc2C1. The first-order valence-electron chi connectivity index (χ1n) is 5.31. The molecule has 2 N–H and O–H groups in total. The third-order valence-electron chi connectivity index (χ3n) is 3.11. The van der Waals surface area contributed by atoms with Crippen LogP contribution in [0, 0.1) is 0 Å². The summed E-state index contributed by atoms with van der Waals surface area (Å²) in [6.45, 7) is 2.68. The molecule has 1 aliphatic rings. The van der Waals surface area contributed by atoms with Crippen LogP contribution in [0.5, 0.6) is 0 Å². The number of fused-ring (bicyclic) bond motifs is 1. The zero-order chi connectivity index (χ0) is 12.6. The van der Waals surface area contributed by atoms with Crippen molar-refractivity contribution in [2.75, 3.05) is 0 Å². The molecule has 5 nitrogen and oxygen atoms in total. The highest BCUT2D eigenvalue weighted by Crippen LogP contribution is 2.25. The molecule has 0 saturated heterocycles. The molecule has 0 bridgehead atoms. The molecule has 0 aromatic heterocycles. The maximum atomic E-state index is 10.9.